The predicted octanol–water partition coefficient (Wildman–Crippen LogP) is 3.60. The number of rotatable bonds is 8. The number of aromatic amines is 1. The summed E-state index contributed by atoms with van der Waals surface area (Å²) in [4.78, 5) is 20.2. The van der Waals surface area contributed by atoms with Gasteiger partial charge < -0.3 is 25.3 Å². The summed E-state index contributed by atoms with van der Waals surface area (Å²) < 4.78 is 10.8. The van der Waals surface area contributed by atoms with Gasteiger partial charge in [0.1, 0.15) is 12.4 Å². The third-order valence-corrected chi connectivity index (χ3v) is 6.40. The van der Waals surface area contributed by atoms with Crippen molar-refractivity contribution in [2.45, 2.75) is 37.6 Å². The summed E-state index contributed by atoms with van der Waals surface area (Å²) >= 11 is 0. The lowest BCUT2D eigenvalue weighted by atomic mass is 9.88. The SMILES string of the molecule is COCCOc1cccc(-c2cc3c(cn2)CCc2c-3[nH]c(CC3(N)CC3)c2C(=O)O)c1. The predicted molar refractivity (Wildman–Crippen MR) is 121 cm³/mol. The number of benzene rings is 1. The van der Waals surface area contributed by atoms with Crippen LogP contribution in [-0.2, 0) is 24.0 Å². The lowest BCUT2D eigenvalue weighted by Gasteiger charge is -2.18. The molecule has 4 N–H and O–H groups in total. The topological polar surface area (TPSA) is 110 Å². The first-order chi connectivity index (χ1) is 15.5. The van der Waals surface area contributed by atoms with Crippen LogP contribution >= 0.6 is 0 Å². The summed E-state index contributed by atoms with van der Waals surface area (Å²) in [5.41, 5.74) is 12.8. The van der Waals surface area contributed by atoms with Crippen LogP contribution in [0.1, 0.15) is 40.0 Å². The molecule has 2 heterocycles. The molecule has 0 unspecified atom stereocenters. The second-order valence-corrected chi connectivity index (χ2v) is 8.77. The highest BCUT2D eigenvalue weighted by Crippen LogP contribution is 2.41. The van der Waals surface area contributed by atoms with Crippen LogP contribution in [-0.4, -0.2) is 46.9 Å². The average Bonchev–Trinajstić information content (AvgIpc) is 3.39. The van der Waals surface area contributed by atoms with Crippen LogP contribution in [0, 0.1) is 0 Å². The minimum Gasteiger partial charge on any atom is -0.491 e. The van der Waals surface area contributed by atoms with Gasteiger partial charge in [0.15, 0.2) is 0 Å². The number of pyridine rings is 1. The van der Waals surface area contributed by atoms with Gasteiger partial charge in [-0.05, 0) is 55.0 Å². The number of ether oxygens (including phenoxy) is 2. The molecule has 7 nitrogen and oxygen atoms in total. The Kier molecular flexibility index (Phi) is 5.23. The highest BCUT2D eigenvalue weighted by molar-refractivity contribution is 5.95. The van der Waals surface area contributed by atoms with Crippen molar-refractivity contribution in [2.75, 3.05) is 20.3 Å². The van der Waals surface area contributed by atoms with Gasteiger partial charge in [0.2, 0.25) is 0 Å². The Labute approximate surface area is 186 Å². The Morgan fingerprint density at radius 2 is 2.09 bits per heavy atom. The van der Waals surface area contributed by atoms with E-state index in [1.807, 2.05) is 36.5 Å². The lowest BCUT2D eigenvalue weighted by Crippen LogP contribution is -2.25. The molecule has 0 amide bonds. The number of aromatic carboxylic acids is 1. The van der Waals surface area contributed by atoms with Crippen LogP contribution in [0.2, 0.25) is 0 Å². The van der Waals surface area contributed by atoms with Gasteiger partial charge in [-0.15, -0.1) is 0 Å². The van der Waals surface area contributed by atoms with Crippen LogP contribution in [0.3, 0.4) is 0 Å². The number of hydrogen-bond donors (Lipinski definition) is 3. The quantitative estimate of drug-likeness (QED) is 0.468. The van der Waals surface area contributed by atoms with E-state index < -0.39 is 5.97 Å². The van der Waals surface area contributed by atoms with Crippen molar-refractivity contribution in [2.24, 2.45) is 5.73 Å². The molecule has 5 rings (SSSR count). The first-order valence-corrected chi connectivity index (χ1v) is 10.9. The molecule has 2 aromatic heterocycles. The summed E-state index contributed by atoms with van der Waals surface area (Å²) in [6.45, 7) is 1.00. The molecule has 0 bridgehead atoms. The molecule has 1 fully saturated rings. The van der Waals surface area contributed by atoms with Crippen molar-refractivity contribution in [3.05, 3.63) is 58.9 Å². The highest BCUT2D eigenvalue weighted by Gasteiger charge is 2.40. The zero-order valence-electron chi connectivity index (χ0n) is 18.1. The first kappa shape index (κ1) is 20.7. The van der Waals surface area contributed by atoms with Crippen molar-refractivity contribution in [1.82, 2.24) is 9.97 Å². The fraction of sp³-hybridized carbons (Fsp3) is 0.360. The van der Waals surface area contributed by atoms with E-state index in [-0.39, 0.29) is 5.54 Å². The fourth-order valence-electron chi connectivity index (χ4n) is 4.48. The van der Waals surface area contributed by atoms with Crippen molar-refractivity contribution in [3.63, 3.8) is 0 Å². The van der Waals surface area contributed by atoms with Crippen molar-refractivity contribution in [3.8, 4) is 28.3 Å². The molecule has 166 valence electrons. The van der Waals surface area contributed by atoms with Crippen LogP contribution in [0.4, 0.5) is 0 Å². The molecule has 0 radical (unpaired) electrons. The number of carbonyl (C=O) groups is 1. The van der Waals surface area contributed by atoms with Gasteiger partial charge >= 0.3 is 5.97 Å². The Morgan fingerprint density at radius 3 is 2.84 bits per heavy atom. The van der Waals surface area contributed by atoms with Crippen molar-refractivity contribution < 1.29 is 19.4 Å². The maximum absolute atomic E-state index is 12.1. The third-order valence-electron chi connectivity index (χ3n) is 6.40. The van der Waals surface area contributed by atoms with Gasteiger partial charge in [-0.25, -0.2) is 4.79 Å². The number of carboxylic acid groups (broad SMARTS) is 1. The molecule has 0 spiro atoms. The normalized spacial score (nSPS) is 15.7. The molecule has 1 saturated carbocycles. The molecule has 0 atom stereocenters. The standard InChI is InChI=1S/C25H27N3O4/c1-31-9-10-32-17-4-2-3-15(11-17)20-12-19-16(14-27-20)5-6-18-22(24(29)30)21(28-23(18)19)13-25(26)7-8-25/h2-4,11-12,14,28H,5-10,13,26H2,1H3,(H,29,30). The molecule has 1 aromatic carbocycles. The van der Waals surface area contributed by atoms with E-state index in [2.05, 4.69) is 9.97 Å². The monoisotopic (exact) mass is 433 g/mol. The number of nitrogens with one attached hydrogen (secondary N) is 1. The zero-order chi connectivity index (χ0) is 22.3. The Morgan fingerprint density at radius 1 is 1.25 bits per heavy atom. The molecule has 2 aliphatic rings. The van der Waals surface area contributed by atoms with Crippen molar-refractivity contribution >= 4 is 5.97 Å². The van der Waals surface area contributed by atoms with Gasteiger partial charge in [-0.1, -0.05) is 12.1 Å². The zero-order valence-corrected chi connectivity index (χ0v) is 18.1. The summed E-state index contributed by atoms with van der Waals surface area (Å²) in [6, 6.07) is 9.85. The van der Waals surface area contributed by atoms with Crippen LogP contribution in [0.25, 0.3) is 22.5 Å². The smallest absolute Gasteiger partial charge is 0.337 e. The minimum atomic E-state index is -0.889. The number of aromatic nitrogens is 2. The van der Waals surface area contributed by atoms with Gasteiger partial charge in [0.05, 0.1) is 23.6 Å². The van der Waals surface area contributed by atoms with E-state index >= 15 is 0 Å². The minimum absolute atomic E-state index is 0.271. The van der Waals surface area contributed by atoms with E-state index in [1.54, 1.807) is 7.11 Å². The number of fused-ring (bicyclic) bond motifs is 3. The molecule has 0 aliphatic heterocycles. The second kappa shape index (κ2) is 8.07. The number of nitrogens with zero attached hydrogens (tertiary/aromatic N) is 1. The largest absolute Gasteiger partial charge is 0.491 e. The molecule has 3 aromatic rings. The van der Waals surface area contributed by atoms with E-state index in [9.17, 15) is 9.90 Å². The van der Waals surface area contributed by atoms with E-state index in [0.717, 1.165) is 64.3 Å². The highest BCUT2D eigenvalue weighted by atomic mass is 16.5. The number of nitrogens with two attached hydrogens (primary N) is 1. The molecule has 0 saturated heterocycles. The molecule has 7 heteroatoms. The van der Waals surface area contributed by atoms with Gasteiger partial charge in [0, 0.05) is 42.1 Å². The van der Waals surface area contributed by atoms with Crippen molar-refractivity contribution in [1.29, 1.82) is 0 Å². The number of aryl methyl sites for hydroxylation is 1. The second-order valence-electron chi connectivity index (χ2n) is 8.77. The summed E-state index contributed by atoms with van der Waals surface area (Å²) in [5.74, 6) is -0.131. The maximum Gasteiger partial charge on any atom is 0.337 e. The fourth-order valence-corrected chi connectivity index (χ4v) is 4.48. The Balaban J connectivity index is 1.52. The van der Waals surface area contributed by atoms with E-state index in [4.69, 9.17) is 15.2 Å². The van der Waals surface area contributed by atoms with E-state index in [0.29, 0.717) is 31.6 Å². The molecule has 32 heavy (non-hydrogen) atoms. The van der Waals surface area contributed by atoms with Gasteiger partial charge in [-0.2, -0.15) is 0 Å². The number of H-pyrrole nitrogens is 1. The molecule has 2 aliphatic carbocycles. The van der Waals surface area contributed by atoms with Crippen LogP contribution in [0.15, 0.2) is 36.5 Å². The van der Waals surface area contributed by atoms with Crippen LogP contribution in [0.5, 0.6) is 5.75 Å². The molecular formula is C25H27N3O4. The summed E-state index contributed by atoms with van der Waals surface area (Å²) in [7, 11) is 1.64. The average molecular weight is 434 g/mol. The van der Waals surface area contributed by atoms with Gasteiger partial charge in [0.25, 0.3) is 0 Å². The number of carboxylic acids is 1. The Hall–Kier alpha value is -3.16. The number of hydrogen-bond acceptors (Lipinski definition) is 5. The Bertz CT molecular complexity index is 1180. The number of methoxy groups -OCH3 is 1. The summed E-state index contributed by atoms with van der Waals surface area (Å²) in [5, 5.41) is 9.93. The van der Waals surface area contributed by atoms with Gasteiger partial charge in [-0.3, -0.25) is 4.98 Å². The maximum atomic E-state index is 12.1. The summed E-state index contributed by atoms with van der Waals surface area (Å²) in [6.07, 6.45) is 5.78. The molecular weight excluding hydrogens is 406 g/mol. The van der Waals surface area contributed by atoms with E-state index in [1.165, 1.54) is 0 Å². The van der Waals surface area contributed by atoms with Crippen LogP contribution < -0.4 is 10.5 Å². The first-order valence-electron chi connectivity index (χ1n) is 10.9. The third kappa shape index (κ3) is 3.89. The lowest BCUT2D eigenvalue weighted by molar-refractivity contribution is 0.0694.